The van der Waals surface area contributed by atoms with Crippen molar-refractivity contribution in [1.29, 1.82) is 0 Å². The molecule has 2 atom stereocenters. The second-order valence-corrected chi connectivity index (χ2v) is 17.9. The lowest BCUT2D eigenvalue weighted by Gasteiger charge is -2.41. The average Bonchev–Trinajstić information content (AvgIpc) is 3.98. The monoisotopic (exact) mass is 978 g/mol. The molecule has 8 heterocycles. The maximum atomic E-state index is 13.6. The number of hydrogen-bond acceptors (Lipinski definition) is 16. The Bertz CT molecular complexity index is 2710. The lowest BCUT2D eigenvalue weighted by molar-refractivity contribution is -0.0506. The maximum Gasteiger partial charge on any atom is 0.248 e. The number of alkyl halides is 4. The first kappa shape index (κ1) is 48.7. The van der Waals surface area contributed by atoms with Gasteiger partial charge >= 0.3 is 0 Å². The van der Waals surface area contributed by atoms with Crippen molar-refractivity contribution in [3.63, 3.8) is 0 Å². The molecule has 69 heavy (non-hydrogen) atoms. The molecular formula is C46H55ClF4N14O4. The van der Waals surface area contributed by atoms with Crippen LogP contribution in [-0.4, -0.2) is 114 Å². The Morgan fingerprint density at radius 2 is 1.13 bits per heavy atom. The Balaban J connectivity index is 0.000000155. The zero-order valence-corrected chi connectivity index (χ0v) is 39.9. The summed E-state index contributed by atoms with van der Waals surface area (Å²) in [5.74, 6) is 0.593. The molecule has 2 aliphatic heterocycles. The number of nitrogens with two attached hydrogens (primary N) is 1. The number of nitrogens with one attached hydrogen (secondary N) is 1. The van der Waals surface area contributed by atoms with Gasteiger partial charge in [0.2, 0.25) is 23.1 Å². The number of aromatic nitrogens is 10. The van der Waals surface area contributed by atoms with Crippen molar-refractivity contribution in [2.45, 2.75) is 89.1 Å². The van der Waals surface area contributed by atoms with Gasteiger partial charge in [0.15, 0.2) is 46.3 Å². The summed E-state index contributed by atoms with van der Waals surface area (Å²) in [6.45, 7) is 4.73. The standard InChI is InChI=1S/C23H27F2N7O2.C13H16ClF2N3O.C10H12N4O/c1-14-11-32(13-28-14)20-18(33-3)8-16(9-26-20)29-22-27-10-19-21(30-22)31(2)17(12-34-19)15-4-6-23(24,25)7-5-15;1-19-9(8-2-4-13(15,16)5-3-8)7-20-10-6-17-12(14)18-11(10)19;1-7-5-14(6-13-7)10-9(15-2)3-8(11)4-12-10/h8-11,13,15,17H,4-7,12H2,1-3H3,(H,27,29,30);6,8-9H,2-5,7H2,1H3;3-6H,11H2,1-2H3. The van der Waals surface area contributed by atoms with Crippen molar-refractivity contribution in [3.8, 4) is 34.6 Å². The topological polar surface area (TPSA) is 194 Å². The summed E-state index contributed by atoms with van der Waals surface area (Å²) < 4.78 is 79.6. The van der Waals surface area contributed by atoms with Crippen LogP contribution >= 0.6 is 11.6 Å². The van der Waals surface area contributed by atoms with Crippen LogP contribution in [0.1, 0.15) is 62.8 Å². The number of fused-ring (bicyclic) bond motifs is 2. The summed E-state index contributed by atoms with van der Waals surface area (Å²) in [7, 11) is 7.00. The van der Waals surface area contributed by atoms with Gasteiger partial charge in [-0.1, -0.05) is 0 Å². The number of likely N-dealkylation sites (N-methyl/N-ethyl adjacent to an activating group) is 2. The molecule has 6 aromatic rings. The van der Waals surface area contributed by atoms with E-state index in [1.165, 1.54) is 0 Å². The molecule has 0 aromatic carbocycles. The SMILES string of the molecule is CN1c2nc(Cl)ncc2OCC1C1CCC(F)(F)CC1.COc1cc(N)cnc1-n1cnc(C)c1.COc1cc(Nc2ncc3c(n2)N(C)C(C2CCC(F)(F)CC2)CO3)cnc1-n1cnc(C)c1. The number of rotatable bonds is 8. The Kier molecular flexibility index (Phi) is 14.5. The third-order valence-electron chi connectivity index (χ3n) is 12.8. The number of hydrogen-bond donors (Lipinski definition) is 2. The molecule has 368 valence electrons. The summed E-state index contributed by atoms with van der Waals surface area (Å²) >= 11 is 5.81. The molecule has 2 aliphatic carbocycles. The highest BCUT2D eigenvalue weighted by molar-refractivity contribution is 6.28. The van der Waals surface area contributed by atoms with Crippen LogP contribution in [0.25, 0.3) is 11.6 Å². The molecule has 23 heteroatoms. The van der Waals surface area contributed by atoms with E-state index in [0.29, 0.717) is 102 Å². The van der Waals surface area contributed by atoms with E-state index in [1.54, 1.807) is 66.9 Å². The van der Waals surface area contributed by atoms with Gasteiger partial charge in [0, 0.05) is 64.3 Å². The minimum absolute atomic E-state index is 0.00830. The van der Waals surface area contributed by atoms with E-state index in [0.717, 1.165) is 11.4 Å². The average molecular weight is 979 g/mol. The van der Waals surface area contributed by atoms with E-state index in [4.69, 9.17) is 36.3 Å². The first-order valence-electron chi connectivity index (χ1n) is 22.5. The normalized spacial score (nSPS) is 19.6. The van der Waals surface area contributed by atoms with Crippen molar-refractivity contribution in [3.05, 3.63) is 78.6 Å². The largest absolute Gasteiger partial charge is 0.493 e. The van der Waals surface area contributed by atoms with Crippen LogP contribution < -0.4 is 39.8 Å². The molecule has 2 saturated carbocycles. The molecule has 4 aliphatic rings. The number of ether oxygens (including phenoxy) is 4. The Morgan fingerprint density at radius 1 is 0.652 bits per heavy atom. The Labute approximate surface area is 401 Å². The molecule has 2 fully saturated rings. The van der Waals surface area contributed by atoms with Gasteiger partial charge in [-0.3, -0.25) is 9.13 Å². The van der Waals surface area contributed by atoms with Gasteiger partial charge in [0.1, 0.15) is 25.9 Å². The zero-order valence-electron chi connectivity index (χ0n) is 39.1. The summed E-state index contributed by atoms with van der Waals surface area (Å²) in [6.07, 6.45) is 15.3. The fourth-order valence-corrected chi connectivity index (χ4v) is 9.14. The lowest BCUT2D eigenvalue weighted by Crippen LogP contribution is -2.47. The number of nitrogens with zero attached hydrogens (tertiary/aromatic N) is 12. The minimum atomic E-state index is -2.55. The van der Waals surface area contributed by atoms with Crippen LogP contribution in [0.3, 0.4) is 0 Å². The maximum absolute atomic E-state index is 13.6. The van der Waals surface area contributed by atoms with Crippen LogP contribution in [0.4, 0.5) is 46.5 Å². The lowest BCUT2D eigenvalue weighted by atomic mass is 9.81. The van der Waals surface area contributed by atoms with Gasteiger partial charge in [-0.25, -0.2) is 47.5 Å². The molecule has 10 rings (SSSR count). The van der Waals surface area contributed by atoms with Crippen LogP contribution in [0.5, 0.6) is 23.0 Å². The van der Waals surface area contributed by atoms with E-state index in [1.807, 2.05) is 56.2 Å². The number of pyridine rings is 2. The van der Waals surface area contributed by atoms with Crippen LogP contribution in [0.15, 0.2) is 62.0 Å². The van der Waals surface area contributed by atoms with Gasteiger partial charge in [-0.05, 0) is 63.0 Å². The zero-order chi connectivity index (χ0) is 49.0. The molecule has 0 saturated heterocycles. The molecule has 18 nitrogen and oxygen atoms in total. The van der Waals surface area contributed by atoms with Crippen LogP contribution in [0.2, 0.25) is 5.28 Å². The van der Waals surface area contributed by atoms with Crippen LogP contribution in [-0.2, 0) is 0 Å². The van der Waals surface area contributed by atoms with Crippen molar-refractivity contribution < 1.29 is 36.5 Å². The first-order valence-corrected chi connectivity index (χ1v) is 22.9. The van der Waals surface area contributed by atoms with Gasteiger partial charge in [0.05, 0.1) is 73.9 Å². The molecule has 3 N–H and O–H groups in total. The predicted octanol–water partition coefficient (Wildman–Crippen LogP) is 8.46. The summed E-state index contributed by atoms with van der Waals surface area (Å²) in [5, 5.41) is 3.33. The third-order valence-corrected chi connectivity index (χ3v) is 13.0. The Hall–Kier alpha value is -6.71. The first-order chi connectivity index (χ1) is 33.0. The number of nitrogen functional groups attached to an aromatic ring is 1. The number of methoxy groups -OCH3 is 2. The fourth-order valence-electron chi connectivity index (χ4n) is 9.01. The van der Waals surface area contributed by atoms with Crippen molar-refractivity contribution in [2.75, 3.05) is 62.4 Å². The van der Waals surface area contributed by atoms with Gasteiger partial charge in [-0.2, -0.15) is 9.97 Å². The molecule has 6 aromatic heterocycles. The van der Waals surface area contributed by atoms with Crippen molar-refractivity contribution >= 4 is 40.6 Å². The predicted molar refractivity (Wildman–Crippen MR) is 251 cm³/mol. The van der Waals surface area contributed by atoms with E-state index in [-0.39, 0.29) is 54.9 Å². The minimum Gasteiger partial charge on any atom is -0.493 e. The summed E-state index contributed by atoms with van der Waals surface area (Å²) in [4.78, 5) is 38.2. The number of aryl methyl sites for hydroxylation is 2. The number of halogens is 5. The summed E-state index contributed by atoms with van der Waals surface area (Å²) in [5.41, 5.74) is 8.65. The highest BCUT2D eigenvalue weighted by Crippen LogP contribution is 2.43. The fraction of sp³-hybridized carbons (Fsp3) is 0.478. The number of anilines is 5. The van der Waals surface area contributed by atoms with Crippen LogP contribution in [0, 0.1) is 25.7 Å². The van der Waals surface area contributed by atoms with E-state index in [9.17, 15) is 17.6 Å². The van der Waals surface area contributed by atoms with E-state index in [2.05, 4.69) is 45.2 Å². The van der Waals surface area contributed by atoms with Crippen molar-refractivity contribution in [1.82, 2.24) is 49.0 Å². The molecule has 0 spiro atoms. The van der Waals surface area contributed by atoms with Crippen molar-refractivity contribution in [2.24, 2.45) is 11.8 Å². The quantitative estimate of drug-likeness (QED) is 0.109. The molecule has 0 bridgehead atoms. The molecule has 0 amide bonds. The Morgan fingerprint density at radius 3 is 1.62 bits per heavy atom. The molecule has 2 unspecified atom stereocenters. The highest BCUT2D eigenvalue weighted by atomic mass is 35.5. The second kappa shape index (κ2) is 20.5. The van der Waals surface area contributed by atoms with Gasteiger partial charge < -0.3 is 39.8 Å². The molecular weight excluding hydrogens is 924 g/mol. The van der Waals surface area contributed by atoms with Gasteiger partial charge in [0.25, 0.3) is 0 Å². The second-order valence-electron chi connectivity index (χ2n) is 17.6. The smallest absolute Gasteiger partial charge is 0.248 e. The third kappa shape index (κ3) is 11.4. The van der Waals surface area contributed by atoms with E-state index < -0.39 is 11.8 Å². The van der Waals surface area contributed by atoms with Gasteiger partial charge in [-0.15, -0.1) is 0 Å². The van der Waals surface area contributed by atoms with E-state index >= 15 is 0 Å². The molecule has 0 radical (unpaired) electrons. The number of imidazole rings is 2. The summed E-state index contributed by atoms with van der Waals surface area (Å²) in [6, 6.07) is 3.60. The highest BCUT2D eigenvalue weighted by Gasteiger charge is 2.42.